The second-order valence-electron chi connectivity index (χ2n) is 7.10. The topological polar surface area (TPSA) is 70.1 Å². The SMILES string of the molecule is CCn1nc(C)c(N)c1C(=O)OC1CC(C)CC(C)(C)C1. The number of carbonyl (C=O) groups excluding carboxylic acids is 1. The summed E-state index contributed by atoms with van der Waals surface area (Å²) in [6.45, 7) is 11.0. The van der Waals surface area contributed by atoms with Gasteiger partial charge >= 0.3 is 5.97 Å². The standard InChI is InChI=1S/C16H27N3O2/c1-6-19-14(13(17)11(3)18-19)15(20)21-12-7-10(2)8-16(4,5)9-12/h10,12H,6-9,17H2,1-5H3. The predicted octanol–water partition coefficient (Wildman–Crippen LogP) is 3.17. The molecule has 2 unspecified atom stereocenters. The Morgan fingerprint density at radius 1 is 1.48 bits per heavy atom. The lowest BCUT2D eigenvalue weighted by atomic mass is 9.71. The van der Waals surface area contributed by atoms with Gasteiger partial charge in [0.15, 0.2) is 5.69 Å². The fourth-order valence-corrected chi connectivity index (χ4v) is 3.59. The summed E-state index contributed by atoms with van der Waals surface area (Å²) >= 11 is 0. The van der Waals surface area contributed by atoms with Crippen molar-refractivity contribution in [1.82, 2.24) is 9.78 Å². The average Bonchev–Trinajstić information content (AvgIpc) is 2.62. The van der Waals surface area contributed by atoms with Crippen LogP contribution >= 0.6 is 0 Å². The van der Waals surface area contributed by atoms with E-state index in [1.54, 1.807) is 4.68 Å². The minimum atomic E-state index is -0.343. The van der Waals surface area contributed by atoms with E-state index in [0.717, 1.165) is 12.8 Å². The van der Waals surface area contributed by atoms with Crippen molar-refractivity contribution in [3.63, 3.8) is 0 Å². The first-order chi connectivity index (χ1) is 9.73. The Bertz CT molecular complexity index is 534. The highest BCUT2D eigenvalue weighted by Crippen LogP contribution is 2.40. The number of carbonyl (C=O) groups is 1. The van der Waals surface area contributed by atoms with E-state index in [1.807, 2.05) is 13.8 Å². The van der Waals surface area contributed by atoms with Gasteiger partial charge in [-0.1, -0.05) is 20.8 Å². The van der Waals surface area contributed by atoms with Gasteiger partial charge in [0.1, 0.15) is 6.10 Å². The highest BCUT2D eigenvalue weighted by molar-refractivity contribution is 5.93. The molecule has 1 aliphatic carbocycles. The van der Waals surface area contributed by atoms with E-state index in [-0.39, 0.29) is 17.5 Å². The summed E-state index contributed by atoms with van der Waals surface area (Å²) in [4.78, 5) is 12.5. The van der Waals surface area contributed by atoms with Crippen LogP contribution in [-0.4, -0.2) is 21.9 Å². The number of aryl methyl sites for hydroxylation is 2. The fraction of sp³-hybridized carbons (Fsp3) is 0.750. The number of ether oxygens (including phenoxy) is 1. The highest BCUT2D eigenvalue weighted by Gasteiger charge is 2.35. The third-order valence-electron chi connectivity index (χ3n) is 4.29. The van der Waals surface area contributed by atoms with E-state index in [4.69, 9.17) is 10.5 Å². The Labute approximate surface area is 126 Å². The minimum absolute atomic E-state index is 0.0313. The van der Waals surface area contributed by atoms with Gasteiger partial charge in [-0.3, -0.25) is 4.68 Å². The van der Waals surface area contributed by atoms with Gasteiger partial charge in [-0.2, -0.15) is 5.10 Å². The van der Waals surface area contributed by atoms with Crippen LogP contribution in [0.5, 0.6) is 0 Å². The second kappa shape index (κ2) is 5.70. The van der Waals surface area contributed by atoms with Crippen molar-refractivity contribution < 1.29 is 9.53 Å². The molecule has 1 aromatic rings. The van der Waals surface area contributed by atoms with Gasteiger partial charge in [-0.05, 0) is 44.4 Å². The van der Waals surface area contributed by atoms with Crippen LogP contribution in [-0.2, 0) is 11.3 Å². The van der Waals surface area contributed by atoms with Crippen molar-refractivity contribution >= 4 is 11.7 Å². The number of anilines is 1. The zero-order valence-corrected chi connectivity index (χ0v) is 13.8. The number of hydrogen-bond acceptors (Lipinski definition) is 4. The Kier molecular flexibility index (Phi) is 4.30. The average molecular weight is 293 g/mol. The molecule has 2 N–H and O–H groups in total. The number of esters is 1. The molecule has 5 nitrogen and oxygen atoms in total. The maximum Gasteiger partial charge on any atom is 0.359 e. The van der Waals surface area contributed by atoms with Crippen molar-refractivity contribution in [3.05, 3.63) is 11.4 Å². The van der Waals surface area contributed by atoms with Crippen LogP contribution < -0.4 is 5.73 Å². The molecule has 0 amide bonds. The summed E-state index contributed by atoms with van der Waals surface area (Å²) in [5.41, 5.74) is 7.71. The molecule has 1 saturated carbocycles. The minimum Gasteiger partial charge on any atom is -0.458 e. The molecule has 1 fully saturated rings. The van der Waals surface area contributed by atoms with Crippen molar-refractivity contribution in [2.45, 2.75) is 66.5 Å². The Hall–Kier alpha value is -1.52. The van der Waals surface area contributed by atoms with E-state index < -0.39 is 0 Å². The first kappa shape index (κ1) is 15.9. The lowest BCUT2D eigenvalue weighted by molar-refractivity contribution is -0.00805. The van der Waals surface area contributed by atoms with Gasteiger partial charge in [0, 0.05) is 6.54 Å². The quantitative estimate of drug-likeness (QED) is 0.869. The van der Waals surface area contributed by atoms with Crippen LogP contribution in [0.2, 0.25) is 0 Å². The number of nitrogen functional groups attached to an aromatic ring is 1. The van der Waals surface area contributed by atoms with Gasteiger partial charge < -0.3 is 10.5 Å². The van der Waals surface area contributed by atoms with Crippen LogP contribution in [0.4, 0.5) is 5.69 Å². The number of hydrogen-bond donors (Lipinski definition) is 1. The van der Waals surface area contributed by atoms with Gasteiger partial charge in [0.2, 0.25) is 0 Å². The third-order valence-corrected chi connectivity index (χ3v) is 4.29. The van der Waals surface area contributed by atoms with Crippen molar-refractivity contribution in [2.24, 2.45) is 11.3 Å². The number of nitrogens with zero attached hydrogens (tertiary/aromatic N) is 2. The predicted molar refractivity (Wildman–Crippen MR) is 83.0 cm³/mol. The van der Waals surface area contributed by atoms with E-state index in [9.17, 15) is 4.79 Å². The zero-order chi connectivity index (χ0) is 15.8. The molecular formula is C16H27N3O2. The lowest BCUT2D eigenvalue weighted by Gasteiger charge is -2.38. The molecule has 0 saturated heterocycles. The summed E-state index contributed by atoms with van der Waals surface area (Å²) in [5, 5.41) is 4.28. The smallest absolute Gasteiger partial charge is 0.359 e. The molecule has 0 spiro atoms. The molecule has 2 rings (SSSR count). The summed E-state index contributed by atoms with van der Waals surface area (Å²) in [6, 6.07) is 0. The molecule has 0 bridgehead atoms. The molecule has 1 aromatic heterocycles. The first-order valence-corrected chi connectivity index (χ1v) is 7.77. The summed E-state index contributed by atoms with van der Waals surface area (Å²) < 4.78 is 7.37. The maximum absolute atomic E-state index is 12.5. The maximum atomic E-state index is 12.5. The molecule has 118 valence electrons. The van der Waals surface area contributed by atoms with Crippen LogP contribution in [0.15, 0.2) is 0 Å². The van der Waals surface area contributed by atoms with Crippen molar-refractivity contribution in [2.75, 3.05) is 5.73 Å². The molecule has 1 aliphatic rings. The van der Waals surface area contributed by atoms with E-state index in [1.165, 1.54) is 6.42 Å². The second-order valence-corrected chi connectivity index (χ2v) is 7.10. The summed E-state index contributed by atoms with van der Waals surface area (Å²) in [5.74, 6) is 0.228. The van der Waals surface area contributed by atoms with Crippen LogP contribution in [0.3, 0.4) is 0 Å². The molecule has 0 aromatic carbocycles. The molecule has 5 heteroatoms. The number of aromatic nitrogens is 2. The molecule has 0 aliphatic heterocycles. The van der Waals surface area contributed by atoms with Crippen LogP contribution in [0.25, 0.3) is 0 Å². The summed E-state index contributed by atoms with van der Waals surface area (Å²) in [7, 11) is 0. The number of nitrogens with two attached hydrogens (primary N) is 1. The van der Waals surface area contributed by atoms with Gasteiger partial charge in [0.25, 0.3) is 0 Å². The largest absolute Gasteiger partial charge is 0.458 e. The first-order valence-electron chi connectivity index (χ1n) is 7.77. The molecular weight excluding hydrogens is 266 g/mol. The third kappa shape index (κ3) is 3.39. The van der Waals surface area contributed by atoms with E-state index >= 15 is 0 Å². The highest BCUT2D eigenvalue weighted by atomic mass is 16.5. The van der Waals surface area contributed by atoms with Crippen molar-refractivity contribution in [1.29, 1.82) is 0 Å². The Morgan fingerprint density at radius 3 is 2.71 bits per heavy atom. The van der Waals surface area contributed by atoms with E-state index in [0.29, 0.717) is 29.5 Å². The van der Waals surface area contributed by atoms with Gasteiger partial charge in [-0.15, -0.1) is 0 Å². The fourth-order valence-electron chi connectivity index (χ4n) is 3.59. The van der Waals surface area contributed by atoms with Gasteiger partial charge in [-0.25, -0.2) is 4.79 Å². The normalized spacial score (nSPS) is 24.8. The van der Waals surface area contributed by atoms with Crippen LogP contribution in [0, 0.1) is 18.3 Å². The Balaban J connectivity index is 2.15. The Morgan fingerprint density at radius 2 is 2.14 bits per heavy atom. The molecule has 21 heavy (non-hydrogen) atoms. The number of rotatable bonds is 3. The van der Waals surface area contributed by atoms with Gasteiger partial charge in [0.05, 0.1) is 11.4 Å². The summed E-state index contributed by atoms with van der Waals surface area (Å²) in [6.07, 6.45) is 2.97. The monoisotopic (exact) mass is 293 g/mol. The zero-order valence-electron chi connectivity index (χ0n) is 13.8. The lowest BCUT2D eigenvalue weighted by Crippen LogP contribution is -2.34. The van der Waals surface area contributed by atoms with E-state index in [2.05, 4.69) is 25.9 Å². The van der Waals surface area contributed by atoms with Crippen LogP contribution in [0.1, 0.15) is 63.1 Å². The van der Waals surface area contributed by atoms with Crippen molar-refractivity contribution in [3.8, 4) is 0 Å². The molecule has 1 heterocycles. The molecule has 0 radical (unpaired) electrons. The molecule has 2 atom stereocenters.